The molecule has 20 heavy (non-hydrogen) atoms. The largest absolute Gasteiger partial charge is 0.372 e. The summed E-state index contributed by atoms with van der Waals surface area (Å²) in [5.41, 5.74) is 7.61. The van der Waals surface area contributed by atoms with E-state index < -0.39 is 0 Å². The van der Waals surface area contributed by atoms with E-state index in [4.69, 9.17) is 5.73 Å². The highest BCUT2D eigenvalue weighted by Gasteiger charge is 2.39. The van der Waals surface area contributed by atoms with Crippen molar-refractivity contribution in [1.29, 1.82) is 0 Å². The second-order valence-corrected chi connectivity index (χ2v) is 6.78. The standard InChI is InChI=1S/C17H25FN2/c1-11(19)15-4-3-5-16(18)17(15)20(2)10-14-9-12-6-7-13(14)8-12/h3-5,11-14H,6-10,19H2,1-2H3/t11-,12?,13?,14?/m1/s1. The van der Waals surface area contributed by atoms with E-state index in [1.807, 2.05) is 20.0 Å². The molecule has 3 rings (SSSR count). The molecular weight excluding hydrogens is 251 g/mol. The zero-order valence-electron chi connectivity index (χ0n) is 12.5. The molecule has 1 aromatic rings. The zero-order valence-corrected chi connectivity index (χ0v) is 12.5. The molecule has 2 aliphatic rings. The van der Waals surface area contributed by atoms with Crippen LogP contribution < -0.4 is 10.6 Å². The molecular formula is C17H25FN2. The number of benzene rings is 1. The Morgan fingerprint density at radius 3 is 2.75 bits per heavy atom. The number of rotatable bonds is 4. The van der Waals surface area contributed by atoms with Gasteiger partial charge in [-0.05, 0) is 55.6 Å². The van der Waals surface area contributed by atoms with Crippen molar-refractivity contribution in [3.8, 4) is 0 Å². The van der Waals surface area contributed by atoms with E-state index in [0.29, 0.717) is 5.69 Å². The van der Waals surface area contributed by atoms with Gasteiger partial charge in [0, 0.05) is 19.6 Å². The van der Waals surface area contributed by atoms with E-state index >= 15 is 0 Å². The second kappa shape index (κ2) is 5.36. The normalized spacial score (nSPS) is 29.7. The monoisotopic (exact) mass is 276 g/mol. The fraction of sp³-hybridized carbons (Fsp3) is 0.647. The first-order chi connectivity index (χ1) is 9.56. The number of fused-ring (bicyclic) bond motifs is 2. The maximum Gasteiger partial charge on any atom is 0.146 e. The van der Waals surface area contributed by atoms with Crippen LogP contribution in [0.5, 0.6) is 0 Å². The van der Waals surface area contributed by atoms with Gasteiger partial charge in [0.1, 0.15) is 5.82 Å². The summed E-state index contributed by atoms with van der Waals surface area (Å²) in [6, 6.07) is 5.10. The number of halogens is 1. The first-order valence-corrected chi connectivity index (χ1v) is 7.81. The summed E-state index contributed by atoms with van der Waals surface area (Å²) in [6.45, 7) is 2.88. The molecule has 2 bridgehead atoms. The highest BCUT2D eigenvalue weighted by atomic mass is 19.1. The maximum absolute atomic E-state index is 14.2. The van der Waals surface area contributed by atoms with E-state index in [1.54, 1.807) is 12.1 Å². The van der Waals surface area contributed by atoms with Gasteiger partial charge in [0.2, 0.25) is 0 Å². The molecule has 1 aromatic carbocycles. The Hall–Kier alpha value is -1.09. The Labute approximate surface area is 121 Å². The minimum absolute atomic E-state index is 0.136. The third-order valence-electron chi connectivity index (χ3n) is 5.28. The van der Waals surface area contributed by atoms with E-state index in [1.165, 1.54) is 25.7 Å². The topological polar surface area (TPSA) is 29.3 Å². The molecule has 2 aliphatic carbocycles. The van der Waals surface area contributed by atoms with Gasteiger partial charge in [-0.1, -0.05) is 18.6 Å². The van der Waals surface area contributed by atoms with Crippen molar-refractivity contribution in [2.75, 3.05) is 18.5 Å². The maximum atomic E-state index is 14.2. The Kier molecular flexibility index (Phi) is 3.72. The van der Waals surface area contributed by atoms with Crippen molar-refractivity contribution in [3.63, 3.8) is 0 Å². The average Bonchev–Trinajstić information content (AvgIpc) is 3.00. The number of anilines is 1. The molecule has 0 heterocycles. The Morgan fingerprint density at radius 2 is 2.15 bits per heavy atom. The lowest BCUT2D eigenvalue weighted by atomic mass is 9.88. The van der Waals surface area contributed by atoms with Gasteiger partial charge in [0.15, 0.2) is 0 Å². The SMILES string of the molecule is C[C@@H](N)c1cccc(F)c1N(C)CC1CC2CCC1C2. The predicted octanol–water partition coefficient (Wildman–Crippen LogP) is 3.72. The van der Waals surface area contributed by atoms with Crippen LogP contribution in [0.25, 0.3) is 0 Å². The van der Waals surface area contributed by atoms with Gasteiger partial charge >= 0.3 is 0 Å². The van der Waals surface area contributed by atoms with Crippen molar-refractivity contribution in [1.82, 2.24) is 0 Å². The third-order valence-corrected chi connectivity index (χ3v) is 5.28. The number of nitrogens with two attached hydrogens (primary N) is 1. The molecule has 0 spiro atoms. The Balaban J connectivity index is 1.78. The highest BCUT2D eigenvalue weighted by molar-refractivity contribution is 5.55. The molecule has 0 aliphatic heterocycles. The fourth-order valence-electron chi connectivity index (χ4n) is 4.35. The van der Waals surface area contributed by atoms with Crippen LogP contribution >= 0.6 is 0 Å². The highest BCUT2D eigenvalue weighted by Crippen LogP contribution is 2.48. The molecule has 3 heteroatoms. The molecule has 2 fully saturated rings. The van der Waals surface area contributed by atoms with Gasteiger partial charge in [0.25, 0.3) is 0 Å². The van der Waals surface area contributed by atoms with Crippen LogP contribution in [0.3, 0.4) is 0 Å². The quantitative estimate of drug-likeness (QED) is 0.908. The first-order valence-electron chi connectivity index (χ1n) is 7.81. The van der Waals surface area contributed by atoms with Crippen LogP contribution in [0.15, 0.2) is 18.2 Å². The van der Waals surface area contributed by atoms with Crippen molar-refractivity contribution in [3.05, 3.63) is 29.6 Å². The van der Waals surface area contributed by atoms with Gasteiger partial charge in [-0.15, -0.1) is 0 Å². The minimum Gasteiger partial charge on any atom is -0.372 e. The van der Waals surface area contributed by atoms with Crippen LogP contribution in [0.2, 0.25) is 0 Å². The van der Waals surface area contributed by atoms with Crippen molar-refractivity contribution >= 4 is 5.69 Å². The van der Waals surface area contributed by atoms with Gasteiger partial charge in [0.05, 0.1) is 5.69 Å². The van der Waals surface area contributed by atoms with Crippen LogP contribution in [-0.2, 0) is 0 Å². The summed E-state index contributed by atoms with van der Waals surface area (Å²) >= 11 is 0. The Bertz CT molecular complexity index is 486. The molecule has 4 atom stereocenters. The van der Waals surface area contributed by atoms with Gasteiger partial charge in [-0.25, -0.2) is 4.39 Å². The van der Waals surface area contributed by atoms with Crippen molar-refractivity contribution in [2.24, 2.45) is 23.5 Å². The number of para-hydroxylation sites is 1. The molecule has 2 nitrogen and oxygen atoms in total. The van der Waals surface area contributed by atoms with Crippen LogP contribution in [0.1, 0.15) is 44.2 Å². The summed E-state index contributed by atoms with van der Waals surface area (Å²) in [5.74, 6) is 2.39. The molecule has 0 saturated heterocycles. The summed E-state index contributed by atoms with van der Waals surface area (Å²) in [7, 11) is 2.01. The minimum atomic E-state index is -0.148. The lowest BCUT2D eigenvalue weighted by Gasteiger charge is -2.30. The molecule has 0 radical (unpaired) electrons. The van der Waals surface area contributed by atoms with Crippen LogP contribution in [0.4, 0.5) is 10.1 Å². The molecule has 2 N–H and O–H groups in total. The summed E-state index contributed by atoms with van der Waals surface area (Å²) in [4.78, 5) is 2.10. The molecule has 3 unspecified atom stereocenters. The molecule has 0 aromatic heterocycles. The number of hydrogen-bond donors (Lipinski definition) is 1. The summed E-state index contributed by atoms with van der Waals surface area (Å²) < 4.78 is 14.2. The number of hydrogen-bond acceptors (Lipinski definition) is 2. The van der Waals surface area contributed by atoms with Crippen LogP contribution in [0, 0.1) is 23.6 Å². The lowest BCUT2D eigenvalue weighted by molar-refractivity contribution is 0.336. The lowest BCUT2D eigenvalue weighted by Crippen LogP contribution is -2.30. The summed E-state index contributed by atoms with van der Waals surface area (Å²) in [6.07, 6.45) is 5.52. The van der Waals surface area contributed by atoms with E-state index in [0.717, 1.165) is 29.9 Å². The molecule has 2 saturated carbocycles. The molecule has 0 amide bonds. The Morgan fingerprint density at radius 1 is 1.35 bits per heavy atom. The van der Waals surface area contributed by atoms with Gasteiger partial charge in [-0.3, -0.25) is 0 Å². The van der Waals surface area contributed by atoms with E-state index in [-0.39, 0.29) is 11.9 Å². The van der Waals surface area contributed by atoms with Gasteiger partial charge < -0.3 is 10.6 Å². The predicted molar refractivity (Wildman–Crippen MR) is 81.2 cm³/mol. The fourth-order valence-corrected chi connectivity index (χ4v) is 4.35. The van der Waals surface area contributed by atoms with Crippen molar-refractivity contribution in [2.45, 2.75) is 38.6 Å². The first kappa shape index (κ1) is 13.9. The molecule has 110 valence electrons. The van der Waals surface area contributed by atoms with Crippen molar-refractivity contribution < 1.29 is 4.39 Å². The van der Waals surface area contributed by atoms with Gasteiger partial charge in [-0.2, -0.15) is 0 Å². The smallest absolute Gasteiger partial charge is 0.146 e. The van der Waals surface area contributed by atoms with E-state index in [9.17, 15) is 4.39 Å². The average molecular weight is 276 g/mol. The van der Waals surface area contributed by atoms with E-state index in [2.05, 4.69) is 4.90 Å². The second-order valence-electron chi connectivity index (χ2n) is 6.78. The number of nitrogens with zero attached hydrogens (tertiary/aromatic N) is 1. The zero-order chi connectivity index (χ0) is 14.3. The third kappa shape index (κ3) is 2.44. The summed E-state index contributed by atoms with van der Waals surface area (Å²) in [5, 5.41) is 0. The van der Waals surface area contributed by atoms with Crippen LogP contribution in [-0.4, -0.2) is 13.6 Å².